The predicted octanol–water partition coefficient (Wildman–Crippen LogP) is 2.12. The van der Waals surface area contributed by atoms with Gasteiger partial charge in [-0.1, -0.05) is 30.3 Å². The van der Waals surface area contributed by atoms with Gasteiger partial charge in [0.05, 0.1) is 0 Å². The molecule has 1 saturated heterocycles. The van der Waals surface area contributed by atoms with Crippen molar-refractivity contribution in [1.82, 2.24) is 5.32 Å². The average molecular weight is 221 g/mol. The fourth-order valence-corrected chi connectivity index (χ4v) is 1.56. The maximum Gasteiger partial charge on any atom is 0.293 e. The van der Waals surface area contributed by atoms with E-state index in [4.69, 9.17) is 0 Å². The Balaban J connectivity index is 0.000000181. The zero-order valence-corrected chi connectivity index (χ0v) is 9.69. The van der Waals surface area contributed by atoms with Crippen molar-refractivity contribution in [2.75, 3.05) is 6.54 Å². The second-order valence-corrected chi connectivity index (χ2v) is 3.89. The first-order valence-corrected chi connectivity index (χ1v) is 5.65. The van der Waals surface area contributed by atoms with E-state index < -0.39 is 0 Å². The highest BCUT2D eigenvalue weighted by Gasteiger charge is 2.05. The second-order valence-electron chi connectivity index (χ2n) is 3.89. The molecular weight excluding hydrogens is 202 g/mol. The van der Waals surface area contributed by atoms with Gasteiger partial charge in [-0.2, -0.15) is 0 Å². The zero-order valence-electron chi connectivity index (χ0n) is 9.69. The van der Waals surface area contributed by atoms with Gasteiger partial charge < -0.3 is 10.1 Å². The van der Waals surface area contributed by atoms with Gasteiger partial charge >= 0.3 is 0 Å². The monoisotopic (exact) mass is 221 g/mol. The van der Waals surface area contributed by atoms with E-state index in [-0.39, 0.29) is 0 Å². The Morgan fingerprint density at radius 3 is 2.62 bits per heavy atom. The minimum Gasteiger partial charge on any atom is -0.463 e. The summed E-state index contributed by atoms with van der Waals surface area (Å²) in [5, 5.41) is 3.32. The normalized spacial score (nSPS) is 18.4. The van der Waals surface area contributed by atoms with Gasteiger partial charge in [0.15, 0.2) is 0 Å². The molecule has 1 unspecified atom stereocenters. The van der Waals surface area contributed by atoms with Gasteiger partial charge in [-0.3, -0.25) is 4.79 Å². The van der Waals surface area contributed by atoms with Crippen LogP contribution in [0.25, 0.3) is 0 Å². The molecule has 3 nitrogen and oxygen atoms in total. The van der Waals surface area contributed by atoms with E-state index in [1.807, 2.05) is 30.3 Å². The summed E-state index contributed by atoms with van der Waals surface area (Å²) in [5.74, 6) is 0. The average Bonchev–Trinajstić information content (AvgIpc) is 2.80. The summed E-state index contributed by atoms with van der Waals surface area (Å²) in [6.45, 7) is 4.28. The number of rotatable bonds is 3. The third kappa shape index (κ3) is 5.51. The number of carbonyl (C=O) groups is 1. The molecule has 1 N–H and O–H groups in total. The summed E-state index contributed by atoms with van der Waals surface area (Å²) in [4.78, 5) is 9.76. The van der Waals surface area contributed by atoms with Crippen LogP contribution < -0.4 is 5.32 Å². The van der Waals surface area contributed by atoms with Crippen LogP contribution in [0.1, 0.15) is 25.3 Å². The van der Waals surface area contributed by atoms with Crippen LogP contribution in [0, 0.1) is 0 Å². The van der Waals surface area contributed by atoms with E-state index in [9.17, 15) is 4.79 Å². The third-order valence-electron chi connectivity index (χ3n) is 2.47. The van der Waals surface area contributed by atoms with Crippen LogP contribution in [0.15, 0.2) is 30.3 Å². The molecule has 0 saturated carbocycles. The lowest BCUT2D eigenvalue weighted by atomic mass is 10.2. The Labute approximate surface area is 96.8 Å². The topological polar surface area (TPSA) is 38.3 Å². The molecule has 1 fully saturated rings. The van der Waals surface area contributed by atoms with Crippen LogP contribution in [0.5, 0.6) is 0 Å². The van der Waals surface area contributed by atoms with Gasteiger partial charge in [0.25, 0.3) is 6.47 Å². The van der Waals surface area contributed by atoms with Crippen LogP contribution in [-0.4, -0.2) is 19.1 Å². The number of benzene rings is 1. The van der Waals surface area contributed by atoms with Gasteiger partial charge in [0, 0.05) is 6.04 Å². The molecule has 0 bridgehead atoms. The van der Waals surface area contributed by atoms with Crippen molar-refractivity contribution < 1.29 is 9.53 Å². The molecular formula is C13H19NO2. The minimum absolute atomic E-state index is 0.365. The number of carbonyl (C=O) groups excluding carboxylic acids is 1. The molecule has 1 aromatic carbocycles. The Hall–Kier alpha value is -1.35. The standard InChI is InChI=1S/C8H8O2.C5H11N/c9-7-10-6-8-4-2-1-3-5-8;1-5-3-2-4-6-5/h1-5,7H,6H2;5-6H,2-4H2,1H3. The number of hydrogen-bond acceptors (Lipinski definition) is 3. The van der Waals surface area contributed by atoms with Crippen molar-refractivity contribution in [3.63, 3.8) is 0 Å². The van der Waals surface area contributed by atoms with Crippen LogP contribution in [0.4, 0.5) is 0 Å². The SMILES string of the molecule is CC1CCCN1.O=COCc1ccccc1. The highest BCUT2D eigenvalue weighted by Crippen LogP contribution is 2.01. The summed E-state index contributed by atoms with van der Waals surface area (Å²) < 4.78 is 4.54. The van der Waals surface area contributed by atoms with Crippen LogP contribution >= 0.6 is 0 Å². The molecule has 0 spiro atoms. The molecule has 0 aromatic heterocycles. The highest BCUT2D eigenvalue weighted by atomic mass is 16.5. The molecule has 1 atom stereocenters. The maximum atomic E-state index is 9.76. The first-order chi connectivity index (χ1) is 7.83. The van der Waals surface area contributed by atoms with E-state index in [1.54, 1.807) is 0 Å². The van der Waals surface area contributed by atoms with Crippen molar-refractivity contribution in [3.8, 4) is 0 Å². The Bertz CT molecular complexity index is 281. The van der Waals surface area contributed by atoms with E-state index in [0.29, 0.717) is 13.1 Å². The molecule has 3 heteroatoms. The van der Waals surface area contributed by atoms with Crippen LogP contribution in [-0.2, 0) is 16.1 Å². The Kier molecular flexibility index (Phi) is 6.26. The number of hydrogen-bond donors (Lipinski definition) is 1. The summed E-state index contributed by atoms with van der Waals surface area (Å²) in [6, 6.07) is 10.3. The van der Waals surface area contributed by atoms with Gasteiger partial charge in [0.2, 0.25) is 0 Å². The van der Waals surface area contributed by atoms with Crippen molar-refractivity contribution in [1.29, 1.82) is 0 Å². The van der Waals surface area contributed by atoms with Crippen LogP contribution in [0.3, 0.4) is 0 Å². The fourth-order valence-electron chi connectivity index (χ4n) is 1.56. The largest absolute Gasteiger partial charge is 0.463 e. The smallest absolute Gasteiger partial charge is 0.293 e. The molecule has 88 valence electrons. The predicted molar refractivity (Wildman–Crippen MR) is 64.0 cm³/mol. The molecule has 0 aliphatic carbocycles. The van der Waals surface area contributed by atoms with E-state index in [1.165, 1.54) is 19.4 Å². The first kappa shape index (κ1) is 12.7. The summed E-state index contributed by atoms with van der Waals surface area (Å²) in [6.07, 6.45) is 2.75. The lowest BCUT2D eigenvalue weighted by Crippen LogP contribution is -2.16. The second kappa shape index (κ2) is 7.88. The molecule has 1 aliphatic rings. The first-order valence-electron chi connectivity index (χ1n) is 5.65. The van der Waals surface area contributed by atoms with E-state index in [2.05, 4.69) is 17.0 Å². The van der Waals surface area contributed by atoms with Gasteiger partial charge in [-0.25, -0.2) is 0 Å². The summed E-state index contributed by atoms with van der Waals surface area (Å²) in [7, 11) is 0. The van der Waals surface area contributed by atoms with Gasteiger partial charge in [-0.05, 0) is 31.9 Å². The summed E-state index contributed by atoms with van der Waals surface area (Å²) >= 11 is 0. The quantitative estimate of drug-likeness (QED) is 0.794. The Morgan fingerprint density at radius 1 is 1.44 bits per heavy atom. The minimum atomic E-state index is 0.365. The summed E-state index contributed by atoms with van der Waals surface area (Å²) in [5.41, 5.74) is 1.01. The maximum absolute atomic E-state index is 9.76. The lowest BCUT2D eigenvalue weighted by Gasteiger charge is -1.95. The van der Waals surface area contributed by atoms with Gasteiger partial charge in [0.1, 0.15) is 6.61 Å². The van der Waals surface area contributed by atoms with Crippen molar-refractivity contribution in [3.05, 3.63) is 35.9 Å². The zero-order chi connectivity index (χ0) is 11.6. The molecule has 2 rings (SSSR count). The third-order valence-corrected chi connectivity index (χ3v) is 2.47. The van der Waals surface area contributed by atoms with Crippen molar-refractivity contribution >= 4 is 6.47 Å². The molecule has 1 aliphatic heterocycles. The molecule has 0 amide bonds. The van der Waals surface area contributed by atoms with Crippen LogP contribution in [0.2, 0.25) is 0 Å². The molecule has 0 radical (unpaired) electrons. The fraction of sp³-hybridized carbons (Fsp3) is 0.462. The van der Waals surface area contributed by atoms with Gasteiger partial charge in [-0.15, -0.1) is 0 Å². The van der Waals surface area contributed by atoms with Crippen molar-refractivity contribution in [2.45, 2.75) is 32.4 Å². The van der Waals surface area contributed by atoms with Crippen molar-refractivity contribution in [2.24, 2.45) is 0 Å². The lowest BCUT2D eigenvalue weighted by molar-refractivity contribution is -0.129. The number of ether oxygens (including phenoxy) is 1. The molecule has 16 heavy (non-hydrogen) atoms. The Morgan fingerprint density at radius 2 is 2.19 bits per heavy atom. The van der Waals surface area contributed by atoms with E-state index >= 15 is 0 Å². The number of nitrogens with one attached hydrogen (secondary N) is 1. The van der Waals surface area contributed by atoms with E-state index in [0.717, 1.165) is 11.6 Å². The molecule has 1 heterocycles. The molecule has 1 aromatic rings. The highest BCUT2D eigenvalue weighted by molar-refractivity contribution is 5.37.